The van der Waals surface area contributed by atoms with Crippen LogP contribution in [-0.2, 0) is 4.79 Å². The second-order valence-corrected chi connectivity index (χ2v) is 5.05. The van der Waals surface area contributed by atoms with Crippen molar-refractivity contribution in [3.63, 3.8) is 0 Å². The largest absolute Gasteiger partial charge is 0.352 e. The lowest BCUT2D eigenvalue weighted by molar-refractivity contribution is -0.123. The van der Waals surface area contributed by atoms with Crippen LogP contribution in [0.2, 0.25) is 0 Å². The third-order valence-corrected chi connectivity index (χ3v) is 2.79. The van der Waals surface area contributed by atoms with Gasteiger partial charge in [-0.1, -0.05) is 0 Å². The lowest BCUT2D eigenvalue weighted by Crippen LogP contribution is -2.47. The van der Waals surface area contributed by atoms with Gasteiger partial charge in [-0.15, -0.1) is 0 Å². The first-order chi connectivity index (χ1) is 8.41. The standard InChI is InChI=1S/C12H16BrN3O2/c1-7(2)15-11(17)8(3)16-12(18)10-9(13)5-4-6-14-10/h4-8H,1-3H3,(H,15,17)(H,16,18). The van der Waals surface area contributed by atoms with Gasteiger partial charge in [0, 0.05) is 16.7 Å². The van der Waals surface area contributed by atoms with Crippen molar-refractivity contribution in [3.05, 3.63) is 28.5 Å². The van der Waals surface area contributed by atoms with Crippen LogP contribution in [0, 0.1) is 0 Å². The molecule has 0 fully saturated rings. The Bertz CT molecular complexity index is 449. The van der Waals surface area contributed by atoms with Crippen molar-refractivity contribution in [2.75, 3.05) is 0 Å². The van der Waals surface area contributed by atoms with Crippen molar-refractivity contribution >= 4 is 27.7 Å². The predicted octanol–water partition coefficient (Wildman–Crippen LogP) is 1.49. The van der Waals surface area contributed by atoms with Crippen LogP contribution < -0.4 is 10.6 Å². The van der Waals surface area contributed by atoms with Gasteiger partial charge in [0.1, 0.15) is 11.7 Å². The molecule has 1 rings (SSSR count). The Morgan fingerprint density at radius 1 is 1.28 bits per heavy atom. The number of pyridine rings is 1. The summed E-state index contributed by atoms with van der Waals surface area (Å²) in [5, 5.41) is 5.33. The fourth-order valence-electron chi connectivity index (χ4n) is 1.29. The van der Waals surface area contributed by atoms with E-state index in [-0.39, 0.29) is 23.6 Å². The lowest BCUT2D eigenvalue weighted by atomic mass is 10.2. The smallest absolute Gasteiger partial charge is 0.271 e. The average Bonchev–Trinajstić information content (AvgIpc) is 2.28. The Labute approximate surface area is 114 Å². The summed E-state index contributed by atoms with van der Waals surface area (Å²) in [6, 6.07) is 2.88. The van der Waals surface area contributed by atoms with Crippen molar-refractivity contribution in [2.45, 2.75) is 32.9 Å². The Hall–Kier alpha value is -1.43. The van der Waals surface area contributed by atoms with Crippen LogP contribution in [-0.4, -0.2) is 28.9 Å². The molecule has 98 valence electrons. The molecular formula is C12H16BrN3O2. The molecule has 0 saturated heterocycles. The molecule has 2 amide bonds. The number of aromatic nitrogens is 1. The molecule has 0 aliphatic rings. The van der Waals surface area contributed by atoms with E-state index in [4.69, 9.17) is 0 Å². The van der Waals surface area contributed by atoms with Crippen molar-refractivity contribution in [2.24, 2.45) is 0 Å². The minimum atomic E-state index is -0.603. The summed E-state index contributed by atoms with van der Waals surface area (Å²) >= 11 is 3.24. The maximum absolute atomic E-state index is 11.9. The van der Waals surface area contributed by atoms with Gasteiger partial charge in [-0.25, -0.2) is 4.98 Å². The summed E-state index contributed by atoms with van der Waals surface area (Å²) in [6.45, 7) is 5.36. The number of carbonyl (C=O) groups is 2. The van der Waals surface area contributed by atoms with Gasteiger partial charge in [0.2, 0.25) is 5.91 Å². The topological polar surface area (TPSA) is 71.1 Å². The van der Waals surface area contributed by atoms with Crippen LogP contribution in [0.15, 0.2) is 22.8 Å². The number of nitrogens with zero attached hydrogens (tertiary/aromatic N) is 1. The van der Waals surface area contributed by atoms with Crippen LogP contribution in [0.1, 0.15) is 31.3 Å². The predicted molar refractivity (Wildman–Crippen MR) is 72.1 cm³/mol. The first-order valence-electron chi connectivity index (χ1n) is 5.63. The van der Waals surface area contributed by atoms with E-state index in [1.54, 1.807) is 19.1 Å². The van der Waals surface area contributed by atoms with Gasteiger partial charge in [-0.05, 0) is 48.8 Å². The van der Waals surface area contributed by atoms with Gasteiger partial charge >= 0.3 is 0 Å². The molecule has 1 aromatic rings. The molecular weight excluding hydrogens is 298 g/mol. The van der Waals surface area contributed by atoms with Crippen LogP contribution in [0.5, 0.6) is 0 Å². The molecule has 1 atom stereocenters. The van der Waals surface area contributed by atoms with Crippen molar-refractivity contribution in [3.8, 4) is 0 Å². The molecule has 0 aliphatic heterocycles. The van der Waals surface area contributed by atoms with E-state index in [0.717, 1.165) is 0 Å². The van der Waals surface area contributed by atoms with Crippen molar-refractivity contribution in [1.82, 2.24) is 15.6 Å². The zero-order valence-electron chi connectivity index (χ0n) is 10.5. The van der Waals surface area contributed by atoms with Gasteiger partial charge in [-0.3, -0.25) is 9.59 Å². The minimum absolute atomic E-state index is 0.0402. The van der Waals surface area contributed by atoms with Gasteiger partial charge in [0.05, 0.1) is 0 Å². The average molecular weight is 314 g/mol. The molecule has 1 aromatic heterocycles. The normalized spacial score (nSPS) is 12.1. The molecule has 0 aromatic carbocycles. The molecule has 0 aliphatic carbocycles. The second kappa shape index (κ2) is 6.49. The van der Waals surface area contributed by atoms with E-state index < -0.39 is 6.04 Å². The first kappa shape index (κ1) is 14.6. The SMILES string of the molecule is CC(C)NC(=O)C(C)NC(=O)c1ncccc1Br. The summed E-state index contributed by atoms with van der Waals surface area (Å²) in [7, 11) is 0. The van der Waals surface area contributed by atoms with E-state index in [1.165, 1.54) is 6.20 Å². The fraction of sp³-hybridized carbons (Fsp3) is 0.417. The molecule has 6 heteroatoms. The number of amides is 2. The Kier molecular flexibility index (Phi) is 5.27. The summed E-state index contributed by atoms with van der Waals surface area (Å²) < 4.78 is 0.596. The molecule has 5 nitrogen and oxygen atoms in total. The maximum atomic E-state index is 11.9. The fourth-order valence-corrected chi connectivity index (χ4v) is 1.73. The Balaban J connectivity index is 2.65. The number of carbonyl (C=O) groups excluding carboxylic acids is 2. The number of hydrogen-bond donors (Lipinski definition) is 2. The lowest BCUT2D eigenvalue weighted by Gasteiger charge is -2.16. The molecule has 0 spiro atoms. The summed E-state index contributed by atoms with van der Waals surface area (Å²) in [4.78, 5) is 27.5. The van der Waals surface area contributed by atoms with Crippen LogP contribution >= 0.6 is 15.9 Å². The third kappa shape index (κ3) is 4.10. The van der Waals surface area contributed by atoms with E-state index in [0.29, 0.717) is 4.47 Å². The zero-order valence-corrected chi connectivity index (χ0v) is 12.1. The van der Waals surface area contributed by atoms with Crippen LogP contribution in [0.25, 0.3) is 0 Å². The first-order valence-corrected chi connectivity index (χ1v) is 6.43. The second-order valence-electron chi connectivity index (χ2n) is 4.19. The van der Waals surface area contributed by atoms with Crippen LogP contribution in [0.3, 0.4) is 0 Å². The third-order valence-electron chi connectivity index (χ3n) is 2.15. The monoisotopic (exact) mass is 313 g/mol. The quantitative estimate of drug-likeness (QED) is 0.884. The zero-order chi connectivity index (χ0) is 13.7. The van der Waals surface area contributed by atoms with Crippen molar-refractivity contribution in [1.29, 1.82) is 0 Å². The van der Waals surface area contributed by atoms with Gasteiger partial charge < -0.3 is 10.6 Å². The Morgan fingerprint density at radius 3 is 2.50 bits per heavy atom. The van der Waals surface area contributed by atoms with E-state index in [1.807, 2.05) is 13.8 Å². The highest BCUT2D eigenvalue weighted by Gasteiger charge is 2.19. The van der Waals surface area contributed by atoms with Crippen LogP contribution in [0.4, 0.5) is 0 Å². The van der Waals surface area contributed by atoms with Crippen molar-refractivity contribution < 1.29 is 9.59 Å². The van der Waals surface area contributed by atoms with E-state index in [9.17, 15) is 9.59 Å². The number of hydrogen-bond acceptors (Lipinski definition) is 3. The van der Waals surface area contributed by atoms with Gasteiger partial charge in [0.25, 0.3) is 5.91 Å². The molecule has 0 saturated carbocycles. The molecule has 18 heavy (non-hydrogen) atoms. The number of nitrogens with one attached hydrogen (secondary N) is 2. The summed E-state index contributed by atoms with van der Waals surface area (Å²) in [5.74, 6) is -0.598. The molecule has 2 N–H and O–H groups in total. The minimum Gasteiger partial charge on any atom is -0.352 e. The maximum Gasteiger partial charge on any atom is 0.271 e. The van der Waals surface area contributed by atoms with E-state index in [2.05, 4.69) is 31.5 Å². The van der Waals surface area contributed by atoms with E-state index >= 15 is 0 Å². The number of rotatable bonds is 4. The summed E-state index contributed by atoms with van der Waals surface area (Å²) in [6.07, 6.45) is 1.53. The highest BCUT2D eigenvalue weighted by Crippen LogP contribution is 2.12. The molecule has 1 unspecified atom stereocenters. The molecule has 0 bridgehead atoms. The highest BCUT2D eigenvalue weighted by molar-refractivity contribution is 9.10. The molecule has 1 heterocycles. The Morgan fingerprint density at radius 2 is 1.94 bits per heavy atom. The number of halogens is 1. The van der Waals surface area contributed by atoms with Gasteiger partial charge in [0.15, 0.2) is 0 Å². The van der Waals surface area contributed by atoms with Gasteiger partial charge in [-0.2, -0.15) is 0 Å². The summed E-state index contributed by atoms with van der Waals surface area (Å²) in [5.41, 5.74) is 0.265. The molecule has 0 radical (unpaired) electrons. The highest BCUT2D eigenvalue weighted by atomic mass is 79.9.